The first-order valence-electron chi connectivity index (χ1n) is 9.67. The van der Waals surface area contributed by atoms with E-state index in [0.29, 0.717) is 19.1 Å². The van der Waals surface area contributed by atoms with Gasteiger partial charge < -0.3 is 20.0 Å². The molecule has 2 aliphatic rings. The predicted octanol–water partition coefficient (Wildman–Crippen LogP) is 2.44. The molecule has 138 valence electrons. The Morgan fingerprint density at radius 3 is 2.80 bits per heavy atom. The number of rotatable bonds is 6. The molecule has 0 bridgehead atoms. The molecule has 1 aromatic rings. The largest absolute Gasteiger partial charge is 0.352 e. The highest BCUT2D eigenvalue weighted by atomic mass is 16.2. The zero-order chi connectivity index (χ0) is 17.8. The standard InChI is InChI=1S/C19H31N5O/c1-4-20-12-16-8-7-11-24(16)18-10-9-15-13-23(14-17(15)21-18)19(25)22(5-2)6-3/h9-10,16,20H,4-8,11-14H2,1-3H3. The summed E-state index contributed by atoms with van der Waals surface area (Å²) in [5.74, 6) is 1.07. The lowest BCUT2D eigenvalue weighted by Gasteiger charge is -2.26. The van der Waals surface area contributed by atoms with Gasteiger partial charge >= 0.3 is 6.03 Å². The fourth-order valence-corrected chi connectivity index (χ4v) is 3.89. The van der Waals surface area contributed by atoms with Gasteiger partial charge in [0.1, 0.15) is 5.82 Å². The van der Waals surface area contributed by atoms with Gasteiger partial charge in [-0.3, -0.25) is 0 Å². The van der Waals surface area contributed by atoms with Crippen LogP contribution in [0.3, 0.4) is 0 Å². The van der Waals surface area contributed by atoms with E-state index in [9.17, 15) is 4.79 Å². The molecule has 25 heavy (non-hydrogen) atoms. The maximum Gasteiger partial charge on any atom is 0.320 e. The number of aromatic nitrogens is 1. The minimum Gasteiger partial charge on any atom is -0.352 e. The number of likely N-dealkylation sites (N-methyl/N-ethyl adjacent to an activating group) is 1. The molecule has 1 aromatic heterocycles. The van der Waals surface area contributed by atoms with Crippen molar-refractivity contribution in [3.8, 4) is 0 Å². The molecule has 2 aliphatic heterocycles. The van der Waals surface area contributed by atoms with E-state index >= 15 is 0 Å². The van der Waals surface area contributed by atoms with Crippen LogP contribution in [0.5, 0.6) is 0 Å². The number of nitrogens with one attached hydrogen (secondary N) is 1. The first-order valence-corrected chi connectivity index (χ1v) is 9.67. The molecule has 1 N–H and O–H groups in total. The first kappa shape index (κ1) is 18.0. The molecule has 0 radical (unpaired) electrons. The third-order valence-corrected chi connectivity index (χ3v) is 5.36. The number of carbonyl (C=O) groups is 1. The molecule has 2 amide bonds. The van der Waals surface area contributed by atoms with Gasteiger partial charge in [0.05, 0.1) is 12.2 Å². The van der Waals surface area contributed by atoms with E-state index in [4.69, 9.17) is 4.98 Å². The van der Waals surface area contributed by atoms with Crippen molar-refractivity contribution in [2.45, 2.75) is 52.7 Å². The summed E-state index contributed by atoms with van der Waals surface area (Å²) in [6.45, 7) is 12.1. The smallest absolute Gasteiger partial charge is 0.320 e. The van der Waals surface area contributed by atoms with E-state index in [1.165, 1.54) is 18.4 Å². The number of carbonyl (C=O) groups excluding carboxylic acids is 1. The van der Waals surface area contributed by atoms with E-state index < -0.39 is 0 Å². The van der Waals surface area contributed by atoms with Crippen molar-refractivity contribution >= 4 is 11.8 Å². The fourth-order valence-electron chi connectivity index (χ4n) is 3.89. The highest BCUT2D eigenvalue weighted by molar-refractivity contribution is 5.75. The normalized spacial score (nSPS) is 19.4. The van der Waals surface area contributed by atoms with Crippen molar-refractivity contribution < 1.29 is 4.79 Å². The molecule has 1 saturated heterocycles. The van der Waals surface area contributed by atoms with Gasteiger partial charge in [0.15, 0.2) is 0 Å². The van der Waals surface area contributed by atoms with Crippen LogP contribution in [0.2, 0.25) is 0 Å². The van der Waals surface area contributed by atoms with E-state index in [1.54, 1.807) is 0 Å². The number of urea groups is 1. The molecule has 3 rings (SSSR count). The molecular formula is C19H31N5O. The number of anilines is 1. The van der Waals surface area contributed by atoms with Gasteiger partial charge in [-0.1, -0.05) is 13.0 Å². The topological polar surface area (TPSA) is 51.7 Å². The Kier molecular flexibility index (Phi) is 5.78. The lowest BCUT2D eigenvalue weighted by molar-refractivity contribution is 0.157. The summed E-state index contributed by atoms with van der Waals surface area (Å²) in [6, 6.07) is 4.95. The lowest BCUT2D eigenvalue weighted by Crippen LogP contribution is -2.40. The van der Waals surface area contributed by atoms with Gasteiger partial charge in [0, 0.05) is 38.8 Å². The lowest BCUT2D eigenvalue weighted by atomic mass is 10.2. The van der Waals surface area contributed by atoms with Gasteiger partial charge in [-0.15, -0.1) is 0 Å². The van der Waals surface area contributed by atoms with E-state index in [-0.39, 0.29) is 6.03 Å². The van der Waals surface area contributed by atoms with Crippen molar-refractivity contribution in [2.24, 2.45) is 0 Å². The average Bonchev–Trinajstić information content (AvgIpc) is 3.26. The second kappa shape index (κ2) is 8.04. The molecule has 0 aliphatic carbocycles. The highest BCUT2D eigenvalue weighted by Crippen LogP contribution is 2.28. The maximum absolute atomic E-state index is 12.6. The van der Waals surface area contributed by atoms with E-state index in [2.05, 4.69) is 29.3 Å². The van der Waals surface area contributed by atoms with Crippen molar-refractivity contribution in [3.05, 3.63) is 23.4 Å². The molecular weight excluding hydrogens is 314 g/mol. The summed E-state index contributed by atoms with van der Waals surface area (Å²) in [7, 11) is 0. The maximum atomic E-state index is 12.6. The van der Waals surface area contributed by atoms with Crippen LogP contribution in [0, 0.1) is 0 Å². The summed E-state index contributed by atoms with van der Waals surface area (Å²) in [4.78, 5) is 23.7. The van der Waals surface area contributed by atoms with Gasteiger partial charge in [-0.25, -0.2) is 9.78 Å². The number of hydrogen-bond donors (Lipinski definition) is 1. The minimum absolute atomic E-state index is 0.121. The average molecular weight is 345 g/mol. The second-order valence-electron chi connectivity index (χ2n) is 6.88. The van der Waals surface area contributed by atoms with Gasteiger partial charge in [0.2, 0.25) is 0 Å². The highest BCUT2D eigenvalue weighted by Gasteiger charge is 2.30. The number of nitrogens with zero attached hydrogens (tertiary/aromatic N) is 4. The SMILES string of the molecule is CCNCC1CCCN1c1ccc2c(n1)CN(C(=O)N(CC)CC)C2. The van der Waals surface area contributed by atoms with E-state index in [1.807, 2.05) is 23.6 Å². The third-order valence-electron chi connectivity index (χ3n) is 5.36. The molecule has 0 saturated carbocycles. The van der Waals surface area contributed by atoms with Crippen LogP contribution < -0.4 is 10.2 Å². The summed E-state index contributed by atoms with van der Waals surface area (Å²) in [5, 5.41) is 3.46. The summed E-state index contributed by atoms with van der Waals surface area (Å²) >= 11 is 0. The molecule has 1 atom stereocenters. The van der Waals surface area contributed by atoms with E-state index in [0.717, 1.165) is 44.2 Å². The van der Waals surface area contributed by atoms with Crippen LogP contribution >= 0.6 is 0 Å². The molecule has 0 aromatic carbocycles. The van der Waals surface area contributed by atoms with Crippen molar-refractivity contribution in [3.63, 3.8) is 0 Å². The second-order valence-corrected chi connectivity index (χ2v) is 6.88. The molecule has 3 heterocycles. The van der Waals surface area contributed by atoms with Crippen LogP contribution in [0.1, 0.15) is 44.9 Å². The van der Waals surface area contributed by atoms with Crippen LogP contribution in [0.25, 0.3) is 0 Å². The summed E-state index contributed by atoms with van der Waals surface area (Å²) < 4.78 is 0. The van der Waals surface area contributed by atoms with Crippen molar-refractivity contribution in [1.29, 1.82) is 0 Å². The number of amides is 2. The van der Waals surface area contributed by atoms with Crippen LogP contribution in [0.15, 0.2) is 12.1 Å². The van der Waals surface area contributed by atoms with Crippen LogP contribution in [-0.2, 0) is 13.1 Å². The Morgan fingerprint density at radius 2 is 2.08 bits per heavy atom. The Labute approximate surface area is 151 Å². The van der Waals surface area contributed by atoms with Crippen LogP contribution in [-0.4, -0.2) is 59.6 Å². The van der Waals surface area contributed by atoms with Crippen LogP contribution in [0.4, 0.5) is 10.6 Å². The first-order chi connectivity index (χ1) is 12.2. The number of hydrogen-bond acceptors (Lipinski definition) is 4. The zero-order valence-electron chi connectivity index (χ0n) is 15.8. The monoisotopic (exact) mass is 345 g/mol. The molecule has 0 spiro atoms. The van der Waals surface area contributed by atoms with Gasteiger partial charge in [-0.05, 0) is 44.9 Å². The Bertz CT molecular complexity index is 601. The fraction of sp³-hybridized carbons (Fsp3) is 0.684. The number of pyridine rings is 1. The van der Waals surface area contributed by atoms with Crippen molar-refractivity contribution in [1.82, 2.24) is 20.1 Å². The number of fused-ring (bicyclic) bond motifs is 1. The third kappa shape index (κ3) is 3.73. The van der Waals surface area contributed by atoms with Gasteiger partial charge in [-0.2, -0.15) is 0 Å². The zero-order valence-corrected chi connectivity index (χ0v) is 15.8. The molecule has 1 unspecified atom stereocenters. The molecule has 6 nitrogen and oxygen atoms in total. The summed E-state index contributed by atoms with van der Waals surface area (Å²) in [5.41, 5.74) is 2.25. The predicted molar refractivity (Wildman–Crippen MR) is 101 cm³/mol. The summed E-state index contributed by atoms with van der Waals surface area (Å²) in [6.07, 6.45) is 2.44. The van der Waals surface area contributed by atoms with Crippen molar-refractivity contribution in [2.75, 3.05) is 37.6 Å². The molecule has 6 heteroatoms. The Hall–Kier alpha value is -1.82. The quantitative estimate of drug-likeness (QED) is 0.860. The minimum atomic E-state index is 0.121. The van der Waals surface area contributed by atoms with Gasteiger partial charge in [0.25, 0.3) is 0 Å². The Morgan fingerprint density at radius 1 is 1.28 bits per heavy atom. The molecule has 1 fully saturated rings. The Balaban J connectivity index is 1.71.